The molecule has 1 aliphatic rings. The smallest absolute Gasteiger partial charge is 0.497 e. The number of fused-ring (bicyclic) bond motifs is 1. The van der Waals surface area contributed by atoms with Crippen molar-refractivity contribution in [3.63, 3.8) is 0 Å². The fraction of sp³-hybridized carbons (Fsp3) is 0.286. The summed E-state index contributed by atoms with van der Waals surface area (Å²) in [6.07, 6.45) is -2.18. The lowest BCUT2D eigenvalue weighted by atomic mass is 10.0. The topological polar surface area (TPSA) is 63.2 Å². The quantitative estimate of drug-likeness (QED) is 0.293. The van der Waals surface area contributed by atoms with Crippen LogP contribution in [-0.2, 0) is 6.42 Å². The molecule has 4 rings (SSSR count). The van der Waals surface area contributed by atoms with Gasteiger partial charge >= 0.3 is 6.36 Å². The van der Waals surface area contributed by atoms with Crippen molar-refractivity contribution in [3.05, 3.63) is 88.6 Å². The van der Waals surface area contributed by atoms with E-state index in [-0.39, 0.29) is 19.0 Å². The van der Waals surface area contributed by atoms with Crippen molar-refractivity contribution in [1.29, 1.82) is 0 Å². The van der Waals surface area contributed by atoms with E-state index in [1.165, 1.54) is 12.1 Å². The molecule has 0 fully saturated rings. The predicted octanol–water partition coefficient (Wildman–Crippen LogP) is 6.74. The van der Waals surface area contributed by atoms with Gasteiger partial charge in [0, 0.05) is 52.9 Å². The highest BCUT2D eigenvalue weighted by Crippen LogP contribution is 2.40. The van der Waals surface area contributed by atoms with E-state index < -0.39 is 12.4 Å². The number of aliphatic hydroxyl groups is 1. The highest BCUT2D eigenvalue weighted by atomic mass is 35.5. The summed E-state index contributed by atoms with van der Waals surface area (Å²) in [5.74, 6) is 0.798. The normalized spacial score (nSPS) is 14.2. The number of methoxy groups -OCH3 is 1. The lowest BCUT2D eigenvalue weighted by Crippen LogP contribution is -2.28. The molecule has 0 saturated heterocycles. The van der Waals surface area contributed by atoms with Crippen LogP contribution in [0.25, 0.3) is 0 Å². The van der Waals surface area contributed by atoms with Gasteiger partial charge in [0.05, 0.1) is 19.8 Å². The first-order valence-electron chi connectivity index (χ1n) is 12.0. The number of benzene rings is 3. The van der Waals surface area contributed by atoms with Crippen LogP contribution in [-0.4, -0.2) is 38.3 Å². The number of hydrogen-bond acceptors (Lipinski definition) is 6. The first-order chi connectivity index (χ1) is 18.2. The highest BCUT2D eigenvalue weighted by Gasteiger charge is 2.33. The Kier molecular flexibility index (Phi) is 8.58. The Morgan fingerprint density at radius 3 is 2.47 bits per heavy atom. The minimum absolute atomic E-state index is 0.125. The molecule has 6 nitrogen and oxygen atoms in total. The maximum Gasteiger partial charge on any atom is 0.573 e. The molecule has 3 aromatic rings. The molecule has 0 spiro atoms. The Morgan fingerprint density at radius 1 is 1.08 bits per heavy atom. The molecule has 0 radical (unpaired) electrons. The van der Waals surface area contributed by atoms with Crippen molar-refractivity contribution in [2.75, 3.05) is 37.1 Å². The van der Waals surface area contributed by atoms with E-state index in [2.05, 4.69) is 10.1 Å². The Bertz CT molecular complexity index is 1280. The van der Waals surface area contributed by atoms with Gasteiger partial charge in [0.1, 0.15) is 23.9 Å². The third-order valence-corrected chi connectivity index (χ3v) is 6.33. The van der Waals surface area contributed by atoms with Crippen molar-refractivity contribution in [2.24, 2.45) is 0 Å². The zero-order valence-electron chi connectivity index (χ0n) is 20.9. The largest absolute Gasteiger partial charge is 0.573 e. The van der Waals surface area contributed by atoms with Gasteiger partial charge in [0.2, 0.25) is 0 Å². The van der Waals surface area contributed by atoms with E-state index in [9.17, 15) is 13.2 Å². The Hall–Kier alpha value is -3.56. The van der Waals surface area contributed by atoms with Gasteiger partial charge in [0.15, 0.2) is 0 Å². The second kappa shape index (κ2) is 11.9. The average molecular weight is 549 g/mol. The molecule has 202 valence electrons. The maximum atomic E-state index is 12.9. The van der Waals surface area contributed by atoms with E-state index in [4.69, 9.17) is 26.2 Å². The van der Waals surface area contributed by atoms with Gasteiger partial charge in [-0.1, -0.05) is 35.9 Å². The van der Waals surface area contributed by atoms with Gasteiger partial charge in [0.25, 0.3) is 0 Å². The molecule has 1 unspecified atom stereocenters. The van der Waals surface area contributed by atoms with E-state index in [1.807, 2.05) is 36.1 Å². The van der Waals surface area contributed by atoms with Crippen LogP contribution < -0.4 is 24.4 Å². The highest BCUT2D eigenvalue weighted by molar-refractivity contribution is 6.30. The van der Waals surface area contributed by atoms with Crippen LogP contribution in [0, 0.1) is 0 Å². The molecule has 0 aromatic heterocycles. The fourth-order valence-electron chi connectivity index (χ4n) is 4.47. The second-order valence-electron chi connectivity index (χ2n) is 8.55. The van der Waals surface area contributed by atoms with E-state index >= 15 is 0 Å². The number of nitrogens with zero attached hydrogens (tertiary/aromatic N) is 1. The summed E-state index contributed by atoms with van der Waals surface area (Å²) in [5, 5.41) is 13.3. The molecule has 3 aromatic carbocycles. The molecule has 1 heterocycles. The van der Waals surface area contributed by atoms with Gasteiger partial charge < -0.3 is 29.5 Å². The van der Waals surface area contributed by atoms with Crippen LogP contribution in [0.2, 0.25) is 5.02 Å². The van der Waals surface area contributed by atoms with Crippen molar-refractivity contribution in [1.82, 2.24) is 0 Å². The molecule has 1 atom stereocenters. The third-order valence-electron chi connectivity index (χ3n) is 6.08. The number of nitrogens with one attached hydrogen (secondary N) is 1. The fourth-order valence-corrected chi connectivity index (χ4v) is 4.60. The molecular weight excluding hydrogens is 521 g/mol. The molecule has 0 saturated carbocycles. The summed E-state index contributed by atoms with van der Waals surface area (Å²) in [4.78, 5) is 1.99. The Balaban J connectivity index is 1.73. The molecule has 0 bridgehead atoms. The van der Waals surface area contributed by atoms with E-state index in [0.29, 0.717) is 40.9 Å². The minimum Gasteiger partial charge on any atom is -0.497 e. The standard InChI is InChI=1S/C28H28ClF3N2O4/c1-3-25(34-11-10-18-6-9-22(17-26(18)34)38-28(30,31)32)27(19-4-7-20(29)8-5-19)33-21-14-23(36-2)16-24(15-21)37-13-12-35/h3-9,14-17,27,33,35H,10-13H2,1-2H3/b25-3+. The van der Waals surface area contributed by atoms with Gasteiger partial charge in [-0.2, -0.15) is 0 Å². The lowest BCUT2D eigenvalue weighted by molar-refractivity contribution is -0.274. The van der Waals surface area contributed by atoms with Crippen LogP contribution in [0.5, 0.6) is 17.2 Å². The molecule has 1 aliphatic heterocycles. The summed E-state index contributed by atoms with van der Waals surface area (Å²) in [6, 6.07) is 16.7. The van der Waals surface area contributed by atoms with E-state index in [0.717, 1.165) is 16.8 Å². The van der Waals surface area contributed by atoms with Crippen molar-refractivity contribution >= 4 is 23.0 Å². The zero-order chi connectivity index (χ0) is 27.3. The molecule has 2 N–H and O–H groups in total. The number of ether oxygens (including phenoxy) is 3. The second-order valence-corrected chi connectivity index (χ2v) is 8.99. The summed E-state index contributed by atoms with van der Waals surface area (Å²) in [7, 11) is 1.55. The summed E-state index contributed by atoms with van der Waals surface area (Å²) in [5.41, 5.74) is 3.98. The summed E-state index contributed by atoms with van der Waals surface area (Å²) < 4.78 is 54.0. The zero-order valence-corrected chi connectivity index (χ0v) is 21.6. The monoisotopic (exact) mass is 548 g/mol. The van der Waals surface area contributed by atoms with Crippen molar-refractivity contribution in [3.8, 4) is 17.2 Å². The van der Waals surface area contributed by atoms with Crippen LogP contribution in [0.3, 0.4) is 0 Å². The number of rotatable bonds is 10. The SMILES string of the molecule is C/C=C(\C(Nc1cc(OC)cc(OCCO)c1)c1ccc(Cl)cc1)N1CCc2ccc(OC(F)(F)F)cc21. The Morgan fingerprint density at radius 2 is 1.82 bits per heavy atom. The third kappa shape index (κ3) is 6.65. The van der Waals surface area contributed by atoms with Gasteiger partial charge in [-0.3, -0.25) is 0 Å². The first kappa shape index (κ1) is 27.5. The minimum atomic E-state index is -4.78. The van der Waals surface area contributed by atoms with Crippen LogP contribution in [0.1, 0.15) is 24.1 Å². The van der Waals surface area contributed by atoms with Crippen molar-refractivity contribution in [2.45, 2.75) is 25.7 Å². The Labute approximate surface area is 224 Å². The van der Waals surface area contributed by atoms with E-state index in [1.54, 1.807) is 37.4 Å². The summed E-state index contributed by atoms with van der Waals surface area (Å²) >= 11 is 6.16. The summed E-state index contributed by atoms with van der Waals surface area (Å²) in [6.45, 7) is 2.46. The number of halogens is 4. The molecule has 0 amide bonds. The predicted molar refractivity (Wildman–Crippen MR) is 141 cm³/mol. The lowest BCUT2D eigenvalue weighted by Gasteiger charge is -2.32. The number of anilines is 2. The number of hydrogen-bond donors (Lipinski definition) is 2. The van der Waals surface area contributed by atoms with Gasteiger partial charge in [-0.05, 0) is 42.7 Å². The van der Waals surface area contributed by atoms with Gasteiger partial charge in [-0.25, -0.2) is 0 Å². The number of alkyl halides is 3. The molecule has 0 aliphatic carbocycles. The number of allylic oxidation sites excluding steroid dienone is 1. The van der Waals surface area contributed by atoms with Gasteiger partial charge in [-0.15, -0.1) is 13.2 Å². The maximum absolute atomic E-state index is 12.9. The molecule has 10 heteroatoms. The van der Waals surface area contributed by atoms with Crippen LogP contribution in [0.15, 0.2) is 72.4 Å². The molecular formula is C28H28ClF3N2O4. The van der Waals surface area contributed by atoms with Crippen LogP contribution >= 0.6 is 11.6 Å². The number of aliphatic hydroxyl groups excluding tert-OH is 1. The molecule has 38 heavy (non-hydrogen) atoms. The first-order valence-corrected chi connectivity index (χ1v) is 12.4. The van der Waals surface area contributed by atoms with Crippen molar-refractivity contribution < 1.29 is 32.5 Å². The van der Waals surface area contributed by atoms with Crippen LogP contribution in [0.4, 0.5) is 24.5 Å². The average Bonchev–Trinajstić information content (AvgIpc) is 3.29.